The summed E-state index contributed by atoms with van der Waals surface area (Å²) in [5.41, 5.74) is 2.34. The summed E-state index contributed by atoms with van der Waals surface area (Å²) in [5.74, 6) is 0.372. The van der Waals surface area contributed by atoms with E-state index < -0.39 is 6.61 Å². The van der Waals surface area contributed by atoms with Gasteiger partial charge in [-0.2, -0.15) is 8.78 Å². The minimum Gasteiger partial charge on any atom is -0.493 e. The lowest BCUT2D eigenvalue weighted by molar-refractivity contribution is -0.0512. The van der Waals surface area contributed by atoms with Gasteiger partial charge in [0.15, 0.2) is 11.5 Å². The second-order valence-corrected chi connectivity index (χ2v) is 5.94. The van der Waals surface area contributed by atoms with Crippen LogP contribution in [0.1, 0.15) is 11.3 Å². The molecule has 0 bridgehead atoms. The molecule has 0 aliphatic heterocycles. The van der Waals surface area contributed by atoms with Gasteiger partial charge in [-0.3, -0.25) is 0 Å². The van der Waals surface area contributed by atoms with E-state index >= 15 is 0 Å². The van der Waals surface area contributed by atoms with Crippen molar-refractivity contribution in [1.82, 2.24) is 10.3 Å². The Morgan fingerprint density at radius 1 is 1.11 bits per heavy atom. The number of halogens is 3. The van der Waals surface area contributed by atoms with E-state index in [0.717, 1.165) is 11.3 Å². The molecule has 0 atom stereocenters. The van der Waals surface area contributed by atoms with Gasteiger partial charge in [0.05, 0.1) is 12.8 Å². The van der Waals surface area contributed by atoms with E-state index in [9.17, 15) is 13.2 Å². The molecule has 5 nitrogen and oxygen atoms in total. The van der Waals surface area contributed by atoms with Crippen LogP contribution in [0.3, 0.4) is 0 Å². The third-order valence-corrected chi connectivity index (χ3v) is 3.97. The number of nitrogens with one attached hydrogen (secondary N) is 1. The number of benzene rings is 2. The van der Waals surface area contributed by atoms with Gasteiger partial charge in [-0.25, -0.2) is 9.37 Å². The minimum atomic E-state index is -2.90. The van der Waals surface area contributed by atoms with E-state index in [1.54, 1.807) is 30.5 Å². The topological polar surface area (TPSA) is 56.5 Å². The van der Waals surface area contributed by atoms with Crippen LogP contribution in [0.4, 0.5) is 13.2 Å². The summed E-state index contributed by atoms with van der Waals surface area (Å²) in [7, 11) is 1.40. The molecular weight excluding hydrogens is 373 g/mol. The Labute approximate surface area is 160 Å². The molecule has 1 N–H and O–H groups in total. The number of methoxy groups -OCH3 is 1. The second kappa shape index (κ2) is 9.27. The van der Waals surface area contributed by atoms with Gasteiger partial charge < -0.3 is 19.2 Å². The van der Waals surface area contributed by atoms with Crippen LogP contribution in [0.25, 0.3) is 11.5 Å². The Balaban J connectivity index is 1.50. The summed E-state index contributed by atoms with van der Waals surface area (Å²) < 4.78 is 52.6. The quantitative estimate of drug-likeness (QED) is 0.546. The van der Waals surface area contributed by atoms with Crippen LogP contribution in [0, 0.1) is 5.82 Å². The van der Waals surface area contributed by atoms with Gasteiger partial charge in [-0.1, -0.05) is 6.07 Å². The molecule has 0 radical (unpaired) electrons. The molecule has 8 heteroatoms. The van der Waals surface area contributed by atoms with Gasteiger partial charge in [-0.05, 0) is 42.0 Å². The van der Waals surface area contributed by atoms with Crippen LogP contribution in [0.2, 0.25) is 0 Å². The van der Waals surface area contributed by atoms with Crippen LogP contribution >= 0.6 is 0 Å². The van der Waals surface area contributed by atoms with Gasteiger partial charge in [-0.15, -0.1) is 0 Å². The number of alkyl halides is 2. The van der Waals surface area contributed by atoms with E-state index in [0.29, 0.717) is 31.0 Å². The lowest BCUT2D eigenvalue weighted by Crippen LogP contribution is -2.17. The summed E-state index contributed by atoms with van der Waals surface area (Å²) in [6, 6.07) is 10.7. The van der Waals surface area contributed by atoms with Crippen molar-refractivity contribution in [2.45, 2.75) is 19.6 Å². The fraction of sp³-hybridized carbons (Fsp3) is 0.250. The second-order valence-electron chi connectivity index (χ2n) is 5.94. The van der Waals surface area contributed by atoms with Gasteiger partial charge in [0.2, 0.25) is 5.89 Å². The van der Waals surface area contributed by atoms with Crippen molar-refractivity contribution >= 4 is 0 Å². The van der Waals surface area contributed by atoms with Crippen molar-refractivity contribution in [2.75, 3.05) is 13.7 Å². The summed E-state index contributed by atoms with van der Waals surface area (Å²) >= 11 is 0. The molecule has 0 saturated heterocycles. The van der Waals surface area contributed by atoms with Crippen molar-refractivity contribution in [1.29, 1.82) is 0 Å². The van der Waals surface area contributed by atoms with Gasteiger partial charge >= 0.3 is 6.61 Å². The van der Waals surface area contributed by atoms with E-state index in [4.69, 9.17) is 9.15 Å². The Morgan fingerprint density at radius 3 is 2.61 bits per heavy atom. The molecular formula is C20H19F3N2O3. The molecule has 148 valence electrons. The molecule has 1 aromatic heterocycles. The molecule has 0 fully saturated rings. The highest BCUT2D eigenvalue weighted by Gasteiger charge is 2.11. The van der Waals surface area contributed by atoms with Crippen LogP contribution in [-0.4, -0.2) is 25.3 Å². The maximum atomic E-state index is 13.0. The van der Waals surface area contributed by atoms with Crippen LogP contribution in [0.15, 0.2) is 53.1 Å². The molecule has 0 unspecified atom stereocenters. The molecule has 28 heavy (non-hydrogen) atoms. The number of hydrogen-bond donors (Lipinski definition) is 1. The van der Waals surface area contributed by atoms with Gasteiger partial charge in [0.1, 0.15) is 12.1 Å². The van der Waals surface area contributed by atoms with Crippen molar-refractivity contribution in [3.63, 3.8) is 0 Å². The average Bonchev–Trinajstić information content (AvgIpc) is 3.15. The lowest BCUT2D eigenvalue weighted by atomic mass is 10.2. The van der Waals surface area contributed by atoms with Crippen molar-refractivity contribution < 1.29 is 27.1 Å². The highest BCUT2D eigenvalue weighted by molar-refractivity contribution is 5.52. The number of hydrogen-bond acceptors (Lipinski definition) is 5. The molecule has 0 aliphatic rings. The molecule has 1 heterocycles. The predicted octanol–water partition coefficient (Wildman–Crippen LogP) is 4.42. The number of rotatable bonds is 9. The summed E-state index contributed by atoms with van der Waals surface area (Å²) in [5, 5.41) is 3.24. The highest BCUT2D eigenvalue weighted by atomic mass is 19.3. The van der Waals surface area contributed by atoms with Gasteiger partial charge in [0.25, 0.3) is 0 Å². The lowest BCUT2D eigenvalue weighted by Gasteiger charge is -2.11. The van der Waals surface area contributed by atoms with Gasteiger partial charge in [0, 0.05) is 25.1 Å². The first-order valence-electron chi connectivity index (χ1n) is 8.58. The van der Waals surface area contributed by atoms with Crippen LogP contribution < -0.4 is 14.8 Å². The fourth-order valence-corrected chi connectivity index (χ4v) is 2.61. The van der Waals surface area contributed by atoms with E-state index in [1.165, 1.54) is 25.3 Å². The fourth-order valence-electron chi connectivity index (χ4n) is 2.61. The van der Waals surface area contributed by atoms with E-state index in [2.05, 4.69) is 15.0 Å². The molecule has 0 aliphatic carbocycles. The van der Waals surface area contributed by atoms with Crippen LogP contribution in [-0.2, 0) is 13.0 Å². The largest absolute Gasteiger partial charge is 0.493 e. The first-order chi connectivity index (χ1) is 13.5. The first-order valence-corrected chi connectivity index (χ1v) is 8.58. The molecule has 0 amide bonds. The number of nitrogens with zero attached hydrogens (tertiary/aromatic N) is 1. The molecule has 3 rings (SSSR count). The number of oxazole rings is 1. The predicted molar refractivity (Wildman–Crippen MR) is 96.9 cm³/mol. The van der Waals surface area contributed by atoms with Crippen molar-refractivity contribution in [2.24, 2.45) is 0 Å². The third kappa shape index (κ3) is 5.26. The average molecular weight is 392 g/mol. The Kier molecular flexibility index (Phi) is 6.54. The Morgan fingerprint density at radius 2 is 1.89 bits per heavy atom. The highest BCUT2D eigenvalue weighted by Crippen LogP contribution is 2.29. The summed E-state index contributed by atoms with van der Waals surface area (Å²) in [4.78, 5) is 4.38. The third-order valence-electron chi connectivity index (χ3n) is 3.97. The first kappa shape index (κ1) is 19.8. The minimum absolute atomic E-state index is 0.00262. The number of ether oxygens (including phenoxy) is 2. The molecule has 0 spiro atoms. The Bertz CT molecular complexity index is 898. The molecule has 0 saturated carbocycles. The van der Waals surface area contributed by atoms with Crippen LogP contribution in [0.5, 0.6) is 11.5 Å². The SMILES string of the molecule is COc1cc(CNCCc2coc(-c3ccc(F)cc3)n2)ccc1OC(F)F. The zero-order valence-electron chi connectivity index (χ0n) is 15.1. The zero-order valence-corrected chi connectivity index (χ0v) is 15.1. The smallest absolute Gasteiger partial charge is 0.387 e. The maximum absolute atomic E-state index is 13.0. The van der Waals surface area contributed by atoms with E-state index in [1.807, 2.05) is 0 Å². The monoisotopic (exact) mass is 392 g/mol. The normalized spacial score (nSPS) is 11.0. The standard InChI is InChI=1S/C20H19F3N2O3/c1-26-18-10-13(2-7-17(18)28-20(22)23)11-24-9-8-16-12-27-19(25-16)14-3-5-15(21)6-4-14/h2-7,10,12,20,24H,8-9,11H2,1H3. The van der Waals surface area contributed by atoms with E-state index in [-0.39, 0.29) is 17.3 Å². The zero-order chi connectivity index (χ0) is 19.9. The Hall–Kier alpha value is -3.00. The van der Waals surface area contributed by atoms with Crippen molar-refractivity contribution in [3.05, 3.63) is 65.8 Å². The molecule has 3 aromatic rings. The summed E-state index contributed by atoms with van der Waals surface area (Å²) in [6.07, 6.45) is 2.20. The maximum Gasteiger partial charge on any atom is 0.387 e. The van der Waals surface area contributed by atoms with Crippen molar-refractivity contribution in [3.8, 4) is 23.0 Å². The summed E-state index contributed by atoms with van der Waals surface area (Å²) in [6.45, 7) is -1.75. The number of aromatic nitrogens is 1. The molecule has 2 aromatic carbocycles.